The molecule has 3 nitrogen and oxygen atoms in total. The van der Waals surface area contributed by atoms with Gasteiger partial charge in [-0.15, -0.1) is 0 Å². The molecule has 0 aliphatic rings. The SMILES string of the molecule is O=Cc1c(-c2ccccc2)nc2ccc(F)cn12. The molecule has 0 saturated heterocycles. The number of carbonyl (C=O) groups is 1. The Labute approximate surface area is 103 Å². The van der Waals surface area contributed by atoms with Gasteiger partial charge in [-0.2, -0.15) is 0 Å². The number of hydrogen-bond donors (Lipinski definition) is 0. The lowest BCUT2D eigenvalue weighted by Crippen LogP contribution is -1.93. The molecule has 0 spiro atoms. The highest BCUT2D eigenvalue weighted by Crippen LogP contribution is 2.23. The minimum absolute atomic E-state index is 0.357. The quantitative estimate of drug-likeness (QED) is 0.645. The third-order valence-electron chi connectivity index (χ3n) is 2.78. The minimum atomic E-state index is -0.400. The van der Waals surface area contributed by atoms with E-state index in [1.54, 1.807) is 6.07 Å². The molecule has 0 saturated carbocycles. The lowest BCUT2D eigenvalue weighted by atomic mass is 10.1. The normalized spacial score (nSPS) is 10.7. The molecule has 0 aliphatic heterocycles. The van der Waals surface area contributed by atoms with Gasteiger partial charge in [0.25, 0.3) is 0 Å². The van der Waals surface area contributed by atoms with Crippen molar-refractivity contribution >= 4 is 11.9 Å². The molecule has 18 heavy (non-hydrogen) atoms. The van der Waals surface area contributed by atoms with Gasteiger partial charge < -0.3 is 0 Å². The van der Waals surface area contributed by atoms with Crippen LogP contribution in [-0.2, 0) is 0 Å². The van der Waals surface area contributed by atoms with Crippen LogP contribution in [0, 0.1) is 5.82 Å². The summed E-state index contributed by atoms with van der Waals surface area (Å²) in [6.07, 6.45) is 1.96. The number of imidazole rings is 1. The van der Waals surface area contributed by atoms with Crippen LogP contribution in [0.2, 0.25) is 0 Å². The third kappa shape index (κ3) is 1.59. The largest absolute Gasteiger partial charge is 0.296 e. The molecule has 0 atom stereocenters. The van der Waals surface area contributed by atoms with Crippen LogP contribution in [0.5, 0.6) is 0 Å². The summed E-state index contributed by atoms with van der Waals surface area (Å²) in [4.78, 5) is 15.6. The van der Waals surface area contributed by atoms with Crippen LogP contribution in [0.1, 0.15) is 10.5 Å². The van der Waals surface area contributed by atoms with Gasteiger partial charge in [0.05, 0.1) is 0 Å². The van der Waals surface area contributed by atoms with Crippen molar-refractivity contribution < 1.29 is 9.18 Å². The van der Waals surface area contributed by atoms with Crippen molar-refractivity contribution in [2.45, 2.75) is 0 Å². The van der Waals surface area contributed by atoms with Crippen LogP contribution in [0.25, 0.3) is 16.9 Å². The molecule has 3 rings (SSSR count). The number of aromatic nitrogens is 2. The van der Waals surface area contributed by atoms with E-state index in [4.69, 9.17) is 0 Å². The van der Waals surface area contributed by atoms with E-state index in [1.165, 1.54) is 16.7 Å². The zero-order chi connectivity index (χ0) is 12.5. The van der Waals surface area contributed by atoms with Crippen LogP contribution < -0.4 is 0 Å². The first-order valence-electron chi connectivity index (χ1n) is 5.48. The van der Waals surface area contributed by atoms with Crippen LogP contribution in [0.3, 0.4) is 0 Å². The second-order valence-electron chi connectivity index (χ2n) is 3.91. The monoisotopic (exact) mass is 240 g/mol. The number of pyridine rings is 1. The Kier molecular flexibility index (Phi) is 2.41. The van der Waals surface area contributed by atoms with Crippen LogP contribution in [0.4, 0.5) is 4.39 Å². The van der Waals surface area contributed by atoms with Gasteiger partial charge in [0.1, 0.15) is 22.9 Å². The van der Waals surface area contributed by atoms with Crippen LogP contribution in [0.15, 0.2) is 48.7 Å². The second kappa shape index (κ2) is 4.07. The highest BCUT2D eigenvalue weighted by molar-refractivity contribution is 5.86. The molecule has 0 N–H and O–H groups in total. The maximum absolute atomic E-state index is 13.2. The highest BCUT2D eigenvalue weighted by atomic mass is 19.1. The van der Waals surface area contributed by atoms with E-state index in [0.717, 1.165) is 5.56 Å². The maximum atomic E-state index is 13.2. The average molecular weight is 240 g/mol. The van der Waals surface area contributed by atoms with Crippen LogP contribution >= 0.6 is 0 Å². The summed E-state index contributed by atoms with van der Waals surface area (Å²) in [5, 5.41) is 0. The summed E-state index contributed by atoms with van der Waals surface area (Å²) >= 11 is 0. The van der Waals surface area contributed by atoms with Gasteiger partial charge in [-0.1, -0.05) is 30.3 Å². The number of aldehydes is 1. The summed E-state index contributed by atoms with van der Waals surface area (Å²) in [5.41, 5.74) is 2.31. The molecule has 0 fully saturated rings. The zero-order valence-corrected chi connectivity index (χ0v) is 9.38. The molecule has 2 aromatic heterocycles. The van der Waals surface area contributed by atoms with E-state index in [-0.39, 0.29) is 0 Å². The van der Waals surface area contributed by atoms with Crippen molar-refractivity contribution in [2.24, 2.45) is 0 Å². The molecule has 3 aromatic rings. The first-order valence-corrected chi connectivity index (χ1v) is 5.48. The lowest BCUT2D eigenvalue weighted by molar-refractivity contribution is 0.111. The van der Waals surface area contributed by atoms with E-state index in [9.17, 15) is 9.18 Å². The Hall–Kier alpha value is -2.49. The van der Waals surface area contributed by atoms with Crippen molar-refractivity contribution in [3.8, 4) is 11.3 Å². The van der Waals surface area contributed by atoms with E-state index in [0.29, 0.717) is 23.3 Å². The van der Waals surface area contributed by atoms with Gasteiger partial charge in [-0.25, -0.2) is 9.37 Å². The number of nitrogens with zero attached hydrogens (tertiary/aromatic N) is 2. The number of halogens is 1. The highest BCUT2D eigenvalue weighted by Gasteiger charge is 2.13. The fourth-order valence-electron chi connectivity index (χ4n) is 1.96. The Balaban J connectivity index is 2.33. The van der Waals surface area contributed by atoms with E-state index >= 15 is 0 Å². The van der Waals surface area contributed by atoms with Gasteiger partial charge in [-0.05, 0) is 12.1 Å². The van der Waals surface area contributed by atoms with Crippen LogP contribution in [-0.4, -0.2) is 15.7 Å². The summed E-state index contributed by atoms with van der Waals surface area (Å²) < 4.78 is 14.7. The number of benzene rings is 1. The molecule has 0 aliphatic carbocycles. The summed E-state index contributed by atoms with van der Waals surface area (Å²) in [5.74, 6) is -0.400. The Morgan fingerprint density at radius 3 is 2.61 bits per heavy atom. The fraction of sp³-hybridized carbons (Fsp3) is 0. The van der Waals surface area contributed by atoms with Gasteiger partial charge in [0.2, 0.25) is 0 Å². The topological polar surface area (TPSA) is 34.4 Å². The predicted molar refractivity (Wildman–Crippen MR) is 66.0 cm³/mol. The molecule has 0 bridgehead atoms. The first-order chi connectivity index (χ1) is 8.79. The second-order valence-corrected chi connectivity index (χ2v) is 3.91. The minimum Gasteiger partial charge on any atom is -0.296 e. The average Bonchev–Trinajstić information content (AvgIpc) is 2.77. The van der Waals surface area contributed by atoms with E-state index < -0.39 is 5.82 Å². The number of hydrogen-bond acceptors (Lipinski definition) is 2. The molecular weight excluding hydrogens is 231 g/mol. The number of fused-ring (bicyclic) bond motifs is 1. The van der Waals surface area contributed by atoms with Crippen molar-refractivity contribution in [2.75, 3.05) is 0 Å². The molecule has 2 heterocycles. The molecule has 0 radical (unpaired) electrons. The Bertz CT molecular complexity index is 719. The standard InChI is InChI=1S/C14H9FN2O/c15-11-6-7-13-16-14(10-4-2-1-3-5-10)12(9-18)17(13)8-11/h1-9H. The maximum Gasteiger partial charge on any atom is 0.169 e. The molecule has 88 valence electrons. The molecule has 0 amide bonds. The Morgan fingerprint density at radius 2 is 1.89 bits per heavy atom. The van der Waals surface area contributed by atoms with Crippen molar-refractivity contribution in [1.82, 2.24) is 9.38 Å². The lowest BCUT2D eigenvalue weighted by Gasteiger charge is -1.97. The van der Waals surface area contributed by atoms with Gasteiger partial charge >= 0.3 is 0 Å². The zero-order valence-electron chi connectivity index (χ0n) is 9.38. The van der Waals surface area contributed by atoms with Gasteiger partial charge in [-0.3, -0.25) is 9.20 Å². The van der Waals surface area contributed by atoms with Crippen molar-refractivity contribution in [3.05, 3.63) is 60.2 Å². The summed E-state index contributed by atoms with van der Waals surface area (Å²) in [7, 11) is 0. The molecule has 4 heteroatoms. The number of rotatable bonds is 2. The van der Waals surface area contributed by atoms with E-state index in [2.05, 4.69) is 4.98 Å². The predicted octanol–water partition coefficient (Wildman–Crippen LogP) is 2.95. The van der Waals surface area contributed by atoms with E-state index in [1.807, 2.05) is 30.3 Å². The van der Waals surface area contributed by atoms with Crippen molar-refractivity contribution in [1.29, 1.82) is 0 Å². The van der Waals surface area contributed by atoms with Gasteiger partial charge in [0, 0.05) is 11.8 Å². The molecule has 1 aromatic carbocycles. The first kappa shape index (κ1) is 10.7. The van der Waals surface area contributed by atoms with Crippen molar-refractivity contribution in [3.63, 3.8) is 0 Å². The smallest absolute Gasteiger partial charge is 0.169 e. The number of carbonyl (C=O) groups excluding carboxylic acids is 1. The van der Waals surface area contributed by atoms with Gasteiger partial charge in [0.15, 0.2) is 6.29 Å². The summed E-state index contributed by atoms with van der Waals surface area (Å²) in [6.45, 7) is 0. The molecular formula is C14H9FN2O. The molecule has 0 unspecified atom stereocenters. The Morgan fingerprint density at radius 1 is 1.11 bits per heavy atom. The fourth-order valence-corrected chi connectivity index (χ4v) is 1.96. The third-order valence-corrected chi connectivity index (χ3v) is 2.78. The summed E-state index contributed by atoms with van der Waals surface area (Å²) in [6, 6.07) is 12.2.